The number of anilines is 2. The molecule has 2 N–H and O–H groups in total. The van der Waals surface area contributed by atoms with Gasteiger partial charge >= 0.3 is 12.4 Å². The molecule has 3 fully saturated rings. The number of aryl methyl sites for hydroxylation is 1. The van der Waals surface area contributed by atoms with Gasteiger partial charge in [-0.05, 0) is 79.3 Å². The van der Waals surface area contributed by atoms with Crippen LogP contribution in [-0.2, 0) is 36.9 Å². The first-order chi connectivity index (χ1) is 28.9. The van der Waals surface area contributed by atoms with Gasteiger partial charge in [-0.15, -0.1) is 0 Å². The molecule has 316 valence electrons. The summed E-state index contributed by atoms with van der Waals surface area (Å²) in [5.74, 6) is -9.10. The molecular formula is C45H37F6N3O7. The summed E-state index contributed by atoms with van der Waals surface area (Å²) in [5, 5.41) is 11.6. The lowest BCUT2D eigenvalue weighted by Gasteiger charge is -2.49. The number of ether oxygens (including phenoxy) is 2. The number of phenols is 1. The number of nitrogens with zero attached hydrogens (tertiary/aromatic N) is 2. The summed E-state index contributed by atoms with van der Waals surface area (Å²) in [6.07, 6.45) is -5.79. The van der Waals surface area contributed by atoms with Crippen molar-refractivity contribution in [2.75, 3.05) is 24.5 Å². The average Bonchev–Trinajstić information content (AvgIpc) is 3.61. The monoisotopic (exact) mass is 845 g/mol. The Kier molecular flexibility index (Phi) is 10.0. The number of carbonyl (C=O) groups is 4. The molecule has 16 heteroatoms. The van der Waals surface area contributed by atoms with Gasteiger partial charge in [0.1, 0.15) is 0 Å². The number of phenolic OH excluding ortho intramolecular Hbond substituents is 1. The number of rotatable bonds is 8. The van der Waals surface area contributed by atoms with Gasteiger partial charge in [-0.3, -0.25) is 24.6 Å². The fourth-order valence-electron chi connectivity index (χ4n) is 9.53. The fourth-order valence-corrected chi connectivity index (χ4v) is 9.53. The van der Waals surface area contributed by atoms with Crippen LogP contribution in [0.3, 0.4) is 0 Å². The summed E-state index contributed by atoms with van der Waals surface area (Å²) in [5.41, 5.74) is -0.232. The molecule has 2 aliphatic heterocycles. The summed E-state index contributed by atoms with van der Waals surface area (Å²) in [4.78, 5) is 59.2. The van der Waals surface area contributed by atoms with Gasteiger partial charge in [0, 0.05) is 5.92 Å². The van der Waals surface area contributed by atoms with Crippen molar-refractivity contribution >= 4 is 41.1 Å². The zero-order chi connectivity index (χ0) is 43.8. The van der Waals surface area contributed by atoms with Crippen LogP contribution in [0.4, 0.5) is 37.7 Å². The lowest BCUT2D eigenvalue weighted by atomic mass is 9.50. The van der Waals surface area contributed by atoms with Gasteiger partial charge in [0.25, 0.3) is 11.8 Å². The molecule has 2 heterocycles. The van der Waals surface area contributed by atoms with Crippen LogP contribution in [0.5, 0.6) is 17.2 Å². The zero-order valence-corrected chi connectivity index (χ0v) is 32.7. The maximum absolute atomic E-state index is 15.3. The Hall–Kier alpha value is -6.58. The third-order valence-electron chi connectivity index (χ3n) is 12.3. The molecule has 1 saturated carbocycles. The Morgan fingerprint density at radius 1 is 0.787 bits per heavy atom. The van der Waals surface area contributed by atoms with E-state index in [1.807, 2.05) is 6.92 Å². The second kappa shape index (κ2) is 14.9. The number of alkyl halides is 6. The summed E-state index contributed by atoms with van der Waals surface area (Å²) < 4.78 is 94.5. The van der Waals surface area contributed by atoms with E-state index in [-0.39, 0.29) is 36.2 Å². The topological polar surface area (TPSA) is 125 Å². The molecule has 2 saturated heterocycles. The van der Waals surface area contributed by atoms with Crippen molar-refractivity contribution in [2.24, 2.45) is 29.6 Å². The standard InChI is InChI=1S/C45H37F6N3O7/c1-23-9-12-28(13-10-23)52-54-40(57)34-22-32-30(14-15-31-37(32)41(58)53(39(31)56)29-20-26(44(46,47)48)19-27(21-29)45(49,50)51)33(43(34,42(54)59)25-7-5-4-6-8-25)16-11-24-17-35(60-2)38(55)36(18-24)61-3/h4-14,16-21,31-34,37,52,55H,15,22H2,1-3H3. The number of allylic oxidation sites excluding steroid dienone is 3. The molecule has 4 aromatic carbocycles. The molecule has 4 aromatic rings. The number of hydrogen-bond donors (Lipinski definition) is 2. The van der Waals surface area contributed by atoms with Crippen molar-refractivity contribution < 1.29 is 60.1 Å². The van der Waals surface area contributed by atoms with E-state index in [0.717, 1.165) is 10.6 Å². The molecule has 0 spiro atoms. The van der Waals surface area contributed by atoms with Gasteiger partial charge in [-0.2, -0.15) is 31.4 Å². The molecule has 61 heavy (non-hydrogen) atoms. The van der Waals surface area contributed by atoms with Crippen LogP contribution in [0.25, 0.3) is 6.08 Å². The highest BCUT2D eigenvalue weighted by Gasteiger charge is 2.69. The van der Waals surface area contributed by atoms with Crippen molar-refractivity contribution in [2.45, 2.75) is 37.5 Å². The van der Waals surface area contributed by atoms with Crippen LogP contribution in [-0.4, -0.2) is 48.0 Å². The van der Waals surface area contributed by atoms with E-state index in [4.69, 9.17) is 9.47 Å². The van der Waals surface area contributed by atoms with E-state index in [1.165, 1.54) is 26.4 Å². The number of carbonyl (C=O) groups excluding carboxylic acids is 4. The number of aromatic hydroxyl groups is 1. The van der Waals surface area contributed by atoms with Crippen LogP contribution >= 0.6 is 0 Å². The van der Waals surface area contributed by atoms with Gasteiger partial charge in [0.15, 0.2) is 11.5 Å². The van der Waals surface area contributed by atoms with E-state index in [9.17, 15) is 45.8 Å². The van der Waals surface area contributed by atoms with Crippen molar-refractivity contribution in [3.8, 4) is 17.2 Å². The number of hydrogen-bond acceptors (Lipinski definition) is 8. The molecule has 0 bridgehead atoms. The van der Waals surface area contributed by atoms with Crippen LogP contribution in [0.2, 0.25) is 0 Å². The average molecular weight is 846 g/mol. The third-order valence-corrected chi connectivity index (χ3v) is 12.3. The van der Waals surface area contributed by atoms with Gasteiger partial charge < -0.3 is 14.6 Å². The molecule has 10 nitrogen and oxygen atoms in total. The van der Waals surface area contributed by atoms with E-state index in [2.05, 4.69) is 5.43 Å². The number of hydrazine groups is 1. The summed E-state index contributed by atoms with van der Waals surface area (Å²) >= 11 is 0. The quantitative estimate of drug-likeness (QED) is 0.103. The number of benzene rings is 4. The van der Waals surface area contributed by atoms with Crippen molar-refractivity contribution in [1.82, 2.24) is 5.01 Å². The Bertz CT molecular complexity index is 2460. The van der Waals surface area contributed by atoms with Crippen molar-refractivity contribution in [3.05, 3.63) is 130 Å². The third kappa shape index (κ3) is 6.68. The molecule has 6 atom stereocenters. The number of amides is 4. The minimum atomic E-state index is -5.24. The molecule has 0 aromatic heterocycles. The summed E-state index contributed by atoms with van der Waals surface area (Å²) in [6, 6.07) is 19.2. The lowest BCUT2D eigenvalue weighted by Crippen LogP contribution is -2.54. The smallest absolute Gasteiger partial charge is 0.416 e. The van der Waals surface area contributed by atoms with E-state index >= 15 is 4.79 Å². The number of imide groups is 2. The second-order valence-electron chi connectivity index (χ2n) is 15.5. The Labute approximate surface area is 345 Å². The maximum Gasteiger partial charge on any atom is 0.416 e. The van der Waals surface area contributed by atoms with Gasteiger partial charge in [-0.25, -0.2) is 4.90 Å². The van der Waals surface area contributed by atoms with Crippen LogP contribution in [0.15, 0.2) is 103 Å². The first-order valence-corrected chi connectivity index (χ1v) is 19.2. The van der Waals surface area contributed by atoms with Crippen LogP contribution < -0.4 is 19.8 Å². The minimum absolute atomic E-state index is 0.0647. The van der Waals surface area contributed by atoms with E-state index in [0.29, 0.717) is 39.4 Å². The molecule has 4 aliphatic rings. The number of fused-ring (bicyclic) bond motifs is 4. The van der Waals surface area contributed by atoms with Crippen molar-refractivity contribution in [1.29, 1.82) is 0 Å². The van der Waals surface area contributed by atoms with Gasteiger partial charge in [0.05, 0.1) is 59.9 Å². The summed E-state index contributed by atoms with van der Waals surface area (Å²) in [6.45, 7) is 1.87. The Balaban J connectivity index is 1.29. The highest BCUT2D eigenvalue weighted by molar-refractivity contribution is 6.22. The van der Waals surface area contributed by atoms with Crippen molar-refractivity contribution in [3.63, 3.8) is 0 Å². The predicted octanol–water partition coefficient (Wildman–Crippen LogP) is 8.49. The molecule has 6 unspecified atom stereocenters. The molecule has 2 aliphatic carbocycles. The Morgan fingerprint density at radius 2 is 1.39 bits per heavy atom. The minimum Gasteiger partial charge on any atom is -0.502 e. The highest BCUT2D eigenvalue weighted by Crippen LogP contribution is 2.62. The first-order valence-electron chi connectivity index (χ1n) is 19.2. The van der Waals surface area contributed by atoms with Gasteiger partial charge in [-0.1, -0.05) is 71.8 Å². The molecule has 8 rings (SSSR count). The SMILES string of the molecule is COc1cc(C=CC2C3=CCC4C(=O)N(c5cc(C(F)(F)F)cc(C(F)(F)F)c5)C(=O)C4C3CC3C(=O)N(Nc4ccc(C)cc4)C(=O)C23c2ccccc2)cc(OC)c1O. The van der Waals surface area contributed by atoms with Crippen LogP contribution in [0, 0.1) is 36.5 Å². The number of methoxy groups -OCH3 is 2. The zero-order valence-electron chi connectivity index (χ0n) is 32.7. The lowest BCUT2D eigenvalue weighted by molar-refractivity contribution is -0.143. The van der Waals surface area contributed by atoms with Gasteiger partial charge in [0.2, 0.25) is 17.6 Å². The summed E-state index contributed by atoms with van der Waals surface area (Å²) in [7, 11) is 2.69. The molecule has 0 radical (unpaired) electrons. The predicted molar refractivity (Wildman–Crippen MR) is 209 cm³/mol. The van der Waals surface area contributed by atoms with E-state index in [1.54, 1.807) is 72.8 Å². The van der Waals surface area contributed by atoms with Crippen LogP contribution in [0.1, 0.15) is 40.7 Å². The second-order valence-corrected chi connectivity index (χ2v) is 15.5. The largest absolute Gasteiger partial charge is 0.502 e. The highest BCUT2D eigenvalue weighted by atomic mass is 19.4. The van der Waals surface area contributed by atoms with E-state index < -0.39 is 87.8 Å². The number of halogens is 6. The molecular weight excluding hydrogens is 808 g/mol. The number of nitrogens with one attached hydrogen (secondary N) is 1. The normalized spacial score (nSPS) is 25.1. The fraction of sp³-hybridized carbons (Fsp3) is 0.289. The molecule has 4 amide bonds. The first kappa shape index (κ1) is 41.2. The Morgan fingerprint density at radius 3 is 1.97 bits per heavy atom. The maximum atomic E-state index is 15.3.